The number of nitrogens with zero attached hydrogens (tertiary/aromatic N) is 3. The van der Waals surface area contributed by atoms with Gasteiger partial charge >= 0.3 is 0 Å². The summed E-state index contributed by atoms with van der Waals surface area (Å²) in [6.45, 7) is 6.61. The SMILES string of the molecule is CCCN(Cc1nccn1-c1ccccc1)C1CCNCC1. The number of aromatic nitrogens is 2. The third-order valence-corrected chi connectivity index (χ3v) is 4.43. The quantitative estimate of drug-likeness (QED) is 0.890. The van der Waals surface area contributed by atoms with Gasteiger partial charge in [-0.05, 0) is 51.0 Å². The number of piperidine rings is 1. The van der Waals surface area contributed by atoms with E-state index in [4.69, 9.17) is 0 Å². The first-order chi connectivity index (χ1) is 10.9. The van der Waals surface area contributed by atoms with E-state index < -0.39 is 0 Å². The molecule has 0 radical (unpaired) electrons. The highest BCUT2D eigenvalue weighted by Gasteiger charge is 2.21. The Labute approximate surface area is 133 Å². The minimum atomic E-state index is 0.683. The molecule has 0 atom stereocenters. The lowest BCUT2D eigenvalue weighted by molar-refractivity contribution is 0.150. The van der Waals surface area contributed by atoms with Crippen molar-refractivity contribution in [3.63, 3.8) is 0 Å². The predicted molar refractivity (Wildman–Crippen MR) is 90.2 cm³/mol. The molecule has 4 nitrogen and oxygen atoms in total. The second kappa shape index (κ2) is 7.56. The Hall–Kier alpha value is -1.65. The molecule has 2 aromatic rings. The van der Waals surface area contributed by atoms with Crippen molar-refractivity contribution < 1.29 is 0 Å². The second-order valence-electron chi connectivity index (χ2n) is 6.00. The first-order valence-electron chi connectivity index (χ1n) is 8.41. The Morgan fingerprint density at radius 1 is 1.23 bits per heavy atom. The van der Waals surface area contributed by atoms with Gasteiger partial charge in [0.05, 0.1) is 6.54 Å². The van der Waals surface area contributed by atoms with Crippen molar-refractivity contribution in [1.29, 1.82) is 0 Å². The predicted octanol–water partition coefficient (Wildman–Crippen LogP) is 2.84. The van der Waals surface area contributed by atoms with Crippen LogP contribution in [0.25, 0.3) is 5.69 Å². The topological polar surface area (TPSA) is 33.1 Å². The van der Waals surface area contributed by atoms with Crippen molar-refractivity contribution in [2.24, 2.45) is 0 Å². The lowest BCUT2D eigenvalue weighted by atomic mass is 10.0. The van der Waals surface area contributed by atoms with E-state index in [-0.39, 0.29) is 0 Å². The summed E-state index contributed by atoms with van der Waals surface area (Å²) in [5, 5.41) is 3.46. The van der Waals surface area contributed by atoms with Gasteiger partial charge in [0.15, 0.2) is 0 Å². The summed E-state index contributed by atoms with van der Waals surface area (Å²) in [6.07, 6.45) is 7.65. The van der Waals surface area contributed by atoms with Crippen molar-refractivity contribution >= 4 is 0 Å². The van der Waals surface area contributed by atoms with Crippen molar-refractivity contribution in [2.45, 2.75) is 38.8 Å². The summed E-state index contributed by atoms with van der Waals surface area (Å²) in [5.41, 5.74) is 1.19. The molecule has 3 rings (SSSR count). The highest BCUT2D eigenvalue weighted by atomic mass is 15.2. The maximum absolute atomic E-state index is 4.62. The van der Waals surface area contributed by atoms with Crippen molar-refractivity contribution in [3.05, 3.63) is 48.5 Å². The largest absolute Gasteiger partial charge is 0.317 e. The average Bonchev–Trinajstić information content (AvgIpc) is 3.04. The molecule has 1 aromatic heterocycles. The number of para-hydroxylation sites is 1. The van der Waals surface area contributed by atoms with Crippen LogP contribution < -0.4 is 5.32 Å². The molecule has 118 valence electrons. The van der Waals surface area contributed by atoms with Crippen LogP contribution in [0.3, 0.4) is 0 Å². The van der Waals surface area contributed by atoms with E-state index in [1.54, 1.807) is 0 Å². The van der Waals surface area contributed by atoms with Crippen LogP contribution >= 0.6 is 0 Å². The molecule has 22 heavy (non-hydrogen) atoms. The molecule has 0 spiro atoms. The van der Waals surface area contributed by atoms with Gasteiger partial charge in [0, 0.05) is 24.1 Å². The van der Waals surface area contributed by atoms with Gasteiger partial charge in [0.2, 0.25) is 0 Å². The fourth-order valence-electron chi connectivity index (χ4n) is 3.31. The molecule has 0 amide bonds. The van der Waals surface area contributed by atoms with Crippen molar-refractivity contribution in [1.82, 2.24) is 19.8 Å². The Morgan fingerprint density at radius 3 is 2.73 bits per heavy atom. The van der Waals surface area contributed by atoms with Gasteiger partial charge in [-0.1, -0.05) is 25.1 Å². The molecular formula is C18H26N4. The molecule has 1 N–H and O–H groups in total. The van der Waals surface area contributed by atoms with Crippen LogP contribution in [0.4, 0.5) is 0 Å². The zero-order valence-electron chi connectivity index (χ0n) is 13.4. The highest BCUT2D eigenvalue weighted by molar-refractivity contribution is 5.32. The minimum Gasteiger partial charge on any atom is -0.317 e. The van der Waals surface area contributed by atoms with Gasteiger partial charge in [-0.25, -0.2) is 4.98 Å². The van der Waals surface area contributed by atoms with E-state index in [1.807, 2.05) is 6.20 Å². The van der Waals surface area contributed by atoms with Crippen LogP contribution in [-0.2, 0) is 6.54 Å². The van der Waals surface area contributed by atoms with Gasteiger partial charge in [0.25, 0.3) is 0 Å². The fraction of sp³-hybridized carbons (Fsp3) is 0.500. The van der Waals surface area contributed by atoms with Gasteiger partial charge in [0.1, 0.15) is 5.82 Å². The highest BCUT2D eigenvalue weighted by Crippen LogP contribution is 2.17. The molecule has 1 aliphatic rings. The summed E-state index contributed by atoms with van der Waals surface area (Å²) < 4.78 is 2.21. The summed E-state index contributed by atoms with van der Waals surface area (Å²) >= 11 is 0. The molecule has 0 bridgehead atoms. The fourth-order valence-corrected chi connectivity index (χ4v) is 3.31. The third-order valence-electron chi connectivity index (χ3n) is 4.43. The molecule has 1 aliphatic heterocycles. The minimum absolute atomic E-state index is 0.683. The van der Waals surface area contributed by atoms with Crippen LogP contribution in [0, 0.1) is 0 Å². The van der Waals surface area contributed by atoms with Crippen LogP contribution in [0.2, 0.25) is 0 Å². The van der Waals surface area contributed by atoms with Crippen LogP contribution in [0.1, 0.15) is 32.0 Å². The number of benzene rings is 1. The summed E-state index contributed by atoms with van der Waals surface area (Å²) in [7, 11) is 0. The van der Waals surface area contributed by atoms with Gasteiger partial charge in [-0.2, -0.15) is 0 Å². The first-order valence-corrected chi connectivity index (χ1v) is 8.41. The summed E-state index contributed by atoms with van der Waals surface area (Å²) in [5.74, 6) is 1.14. The molecule has 0 saturated carbocycles. The Balaban J connectivity index is 1.77. The van der Waals surface area contributed by atoms with E-state index in [9.17, 15) is 0 Å². The molecule has 0 aliphatic carbocycles. The van der Waals surface area contributed by atoms with E-state index in [0.717, 1.165) is 32.0 Å². The number of rotatable bonds is 6. The average molecular weight is 298 g/mol. The van der Waals surface area contributed by atoms with Gasteiger partial charge in [-0.15, -0.1) is 0 Å². The second-order valence-corrected chi connectivity index (χ2v) is 6.00. The normalized spacial score (nSPS) is 16.3. The van der Waals surface area contributed by atoms with Crippen molar-refractivity contribution in [2.75, 3.05) is 19.6 Å². The number of nitrogens with one attached hydrogen (secondary N) is 1. The lowest BCUT2D eigenvalue weighted by Gasteiger charge is -2.34. The third kappa shape index (κ3) is 3.57. The molecule has 2 heterocycles. The molecular weight excluding hydrogens is 272 g/mol. The van der Waals surface area contributed by atoms with Crippen LogP contribution in [-0.4, -0.2) is 40.1 Å². The van der Waals surface area contributed by atoms with E-state index in [2.05, 4.69) is 63.2 Å². The molecule has 4 heteroatoms. The van der Waals surface area contributed by atoms with Gasteiger partial charge in [-0.3, -0.25) is 4.90 Å². The first kappa shape index (κ1) is 15.3. The van der Waals surface area contributed by atoms with Crippen molar-refractivity contribution in [3.8, 4) is 5.69 Å². The monoisotopic (exact) mass is 298 g/mol. The maximum Gasteiger partial charge on any atom is 0.127 e. The van der Waals surface area contributed by atoms with Crippen LogP contribution in [0.5, 0.6) is 0 Å². The smallest absolute Gasteiger partial charge is 0.127 e. The van der Waals surface area contributed by atoms with E-state index in [0.29, 0.717) is 6.04 Å². The zero-order chi connectivity index (χ0) is 15.2. The number of hydrogen-bond acceptors (Lipinski definition) is 3. The Morgan fingerprint density at radius 2 is 2.00 bits per heavy atom. The van der Waals surface area contributed by atoms with E-state index in [1.165, 1.54) is 24.9 Å². The summed E-state index contributed by atoms with van der Waals surface area (Å²) in [6, 6.07) is 11.2. The molecule has 0 unspecified atom stereocenters. The Bertz CT molecular complexity index is 557. The standard InChI is InChI=1S/C18H26N4/c1-2-13-21(16-8-10-19-11-9-16)15-18-20-12-14-22(18)17-6-4-3-5-7-17/h3-7,12,14,16,19H,2,8-11,13,15H2,1H3. The molecule has 1 aromatic carbocycles. The zero-order valence-corrected chi connectivity index (χ0v) is 13.4. The number of imidazole rings is 1. The number of hydrogen-bond donors (Lipinski definition) is 1. The van der Waals surface area contributed by atoms with Crippen LogP contribution in [0.15, 0.2) is 42.7 Å². The molecule has 1 saturated heterocycles. The van der Waals surface area contributed by atoms with Gasteiger partial charge < -0.3 is 9.88 Å². The lowest BCUT2D eigenvalue weighted by Crippen LogP contribution is -2.43. The summed E-state index contributed by atoms with van der Waals surface area (Å²) in [4.78, 5) is 7.23. The van der Waals surface area contributed by atoms with E-state index >= 15 is 0 Å². The Kier molecular flexibility index (Phi) is 5.24. The maximum atomic E-state index is 4.62. The molecule has 1 fully saturated rings.